The van der Waals surface area contributed by atoms with Gasteiger partial charge in [0, 0.05) is 11.6 Å². The van der Waals surface area contributed by atoms with Crippen molar-refractivity contribution < 1.29 is 4.79 Å². The molecule has 1 saturated carbocycles. The molecule has 2 atom stereocenters. The van der Waals surface area contributed by atoms with E-state index in [1.807, 2.05) is 31.2 Å². The first-order chi connectivity index (χ1) is 8.15. The normalized spacial score (nSPS) is 24.4. The third-order valence-corrected chi connectivity index (χ3v) is 3.59. The van der Waals surface area contributed by atoms with Crippen molar-refractivity contribution in [1.29, 1.82) is 0 Å². The molecule has 1 N–H and O–H groups in total. The van der Waals surface area contributed by atoms with Gasteiger partial charge < -0.3 is 5.32 Å². The van der Waals surface area contributed by atoms with Crippen LogP contribution in [0.15, 0.2) is 24.3 Å². The second-order valence-electron chi connectivity index (χ2n) is 5.31. The Morgan fingerprint density at radius 3 is 2.59 bits per heavy atom. The highest BCUT2D eigenvalue weighted by molar-refractivity contribution is 5.94. The Kier molecular flexibility index (Phi) is 3.82. The number of amides is 1. The summed E-state index contributed by atoms with van der Waals surface area (Å²) in [7, 11) is 0. The van der Waals surface area contributed by atoms with E-state index in [1.165, 1.54) is 18.4 Å². The van der Waals surface area contributed by atoms with Crippen LogP contribution in [0.2, 0.25) is 0 Å². The standard InChI is InChI=1S/C15H21NO/c1-11-6-8-13(9-7-11)15(17)16-14-5-3-4-12(2)10-14/h6-9,12,14H,3-5,10H2,1-2H3,(H,16,17)/t12-,14+/m0/s1. The average Bonchev–Trinajstić information content (AvgIpc) is 2.29. The van der Waals surface area contributed by atoms with E-state index in [2.05, 4.69) is 12.2 Å². The molecule has 1 amide bonds. The summed E-state index contributed by atoms with van der Waals surface area (Å²) in [5, 5.41) is 3.15. The highest BCUT2D eigenvalue weighted by Crippen LogP contribution is 2.23. The van der Waals surface area contributed by atoms with Gasteiger partial charge in [0.2, 0.25) is 0 Å². The van der Waals surface area contributed by atoms with Crippen LogP contribution < -0.4 is 5.32 Å². The minimum atomic E-state index is 0.0732. The van der Waals surface area contributed by atoms with Gasteiger partial charge in [-0.25, -0.2) is 0 Å². The summed E-state index contributed by atoms with van der Waals surface area (Å²) in [6.07, 6.45) is 4.79. The summed E-state index contributed by atoms with van der Waals surface area (Å²) in [5.41, 5.74) is 1.96. The predicted octanol–water partition coefficient (Wildman–Crippen LogP) is 3.30. The first kappa shape index (κ1) is 12.2. The van der Waals surface area contributed by atoms with Crippen molar-refractivity contribution in [2.24, 2.45) is 5.92 Å². The highest BCUT2D eigenvalue weighted by Gasteiger charge is 2.20. The molecule has 2 rings (SSSR count). The van der Waals surface area contributed by atoms with E-state index < -0.39 is 0 Å². The van der Waals surface area contributed by atoms with Crippen molar-refractivity contribution in [3.8, 4) is 0 Å². The fourth-order valence-electron chi connectivity index (χ4n) is 2.54. The van der Waals surface area contributed by atoms with Gasteiger partial charge >= 0.3 is 0 Å². The number of carbonyl (C=O) groups is 1. The lowest BCUT2D eigenvalue weighted by Crippen LogP contribution is -2.37. The lowest BCUT2D eigenvalue weighted by molar-refractivity contribution is 0.0921. The monoisotopic (exact) mass is 231 g/mol. The molecule has 2 heteroatoms. The van der Waals surface area contributed by atoms with Crippen molar-refractivity contribution >= 4 is 5.91 Å². The van der Waals surface area contributed by atoms with Crippen LogP contribution in [0.3, 0.4) is 0 Å². The maximum absolute atomic E-state index is 12.0. The fourth-order valence-corrected chi connectivity index (χ4v) is 2.54. The Morgan fingerprint density at radius 1 is 1.24 bits per heavy atom. The quantitative estimate of drug-likeness (QED) is 0.831. The second-order valence-corrected chi connectivity index (χ2v) is 5.31. The van der Waals surface area contributed by atoms with Gasteiger partial charge in [0.05, 0.1) is 0 Å². The van der Waals surface area contributed by atoms with Crippen LogP contribution in [0.1, 0.15) is 48.5 Å². The number of hydrogen-bond acceptors (Lipinski definition) is 1. The Balaban J connectivity index is 1.94. The Bertz CT molecular complexity index is 382. The maximum Gasteiger partial charge on any atom is 0.251 e. The van der Waals surface area contributed by atoms with E-state index in [4.69, 9.17) is 0 Å². The van der Waals surface area contributed by atoms with Crippen LogP contribution in [-0.2, 0) is 0 Å². The summed E-state index contributed by atoms with van der Waals surface area (Å²) in [5.74, 6) is 0.816. The van der Waals surface area contributed by atoms with Gasteiger partial charge in [-0.3, -0.25) is 4.79 Å². The molecule has 0 spiro atoms. The molecular formula is C15H21NO. The Labute approximate surface area is 103 Å². The molecule has 2 nitrogen and oxygen atoms in total. The van der Waals surface area contributed by atoms with Gasteiger partial charge in [-0.1, -0.05) is 37.5 Å². The lowest BCUT2D eigenvalue weighted by atomic mass is 9.87. The highest BCUT2D eigenvalue weighted by atomic mass is 16.1. The van der Waals surface area contributed by atoms with Crippen LogP contribution in [0.4, 0.5) is 0 Å². The van der Waals surface area contributed by atoms with E-state index in [0.717, 1.165) is 24.3 Å². The van der Waals surface area contributed by atoms with E-state index in [9.17, 15) is 4.79 Å². The van der Waals surface area contributed by atoms with Crippen LogP contribution in [0.25, 0.3) is 0 Å². The number of benzene rings is 1. The molecule has 0 unspecified atom stereocenters. The number of hydrogen-bond donors (Lipinski definition) is 1. The second kappa shape index (κ2) is 5.35. The first-order valence-corrected chi connectivity index (χ1v) is 6.52. The zero-order valence-corrected chi connectivity index (χ0v) is 10.7. The molecule has 1 aliphatic rings. The molecule has 0 aromatic heterocycles. The molecule has 0 heterocycles. The molecule has 0 saturated heterocycles. The molecule has 92 valence electrons. The van der Waals surface area contributed by atoms with Crippen molar-refractivity contribution in [2.75, 3.05) is 0 Å². The molecule has 1 aromatic carbocycles. The van der Waals surface area contributed by atoms with Crippen LogP contribution in [-0.4, -0.2) is 11.9 Å². The first-order valence-electron chi connectivity index (χ1n) is 6.52. The van der Waals surface area contributed by atoms with Gasteiger partial charge in [-0.2, -0.15) is 0 Å². The van der Waals surface area contributed by atoms with Crippen molar-refractivity contribution in [3.63, 3.8) is 0 Å². The van der Waals surface area contributed by atoms with Gasteiger partial charge in [0.1, 0.15) is 0 Å². The molecular weight excluding hydrogens is 210 g/mol. The van der Waals surface area contributed by atoms with E-state index in [1.54, 1.807) is 0 Å². The number of rotatable bonds is 2. The summed E-state index contributed by atoms with van der Waals surface area (Å²) < 4.78 is 0. The summed E-state index contributed by atoms with van der Waals surface area (Å²) in [6.45, 7) is 4.30. The molecule has 0 radical (unpaired) electrons. The lowest BCUT2D eigenvalue weighted by Gasteiger charge is -2.27. The van der Waals surface area contributed by atoms with Crippen LogP contribution in [0.5, 0.6) is 0 Å². The largest absolute Gasteiger partial charge is 0.349 e. The maximum atomic E-state index is 12.0. The van der Waals surface area contributed by atoms with Gasteiger partial charge in [0.15, 0.2) is 0 Å². The zero-order valence-electron chi connectivity index (χ0n) is 10.7. The summed E-state index contributed by atoms with van der Waals surface area (Å²) in [6, 6.07) is 8.14. The summed E-state index contributed by atoms with van der Waals surface area (Å²) in [4.78, 5) is 12.0. The fraction of sp³-hybridized carbons (Fsp3) is 0.533. The zero-order chi connectivity index (χ0) is 12.3. The van der Waals surface area contributed by atoms with Crippen LogP contribution >= 0.6 is 0 Å². The third-order valence-electron chi connectivity index (χ3n) is 3.59. The van der Waals surface area contributed by atoms with E-state index in [0.29, 0.717) is 6.04 Å². The molecule has 17 heavy (non-hydrogen) atoms. The number of carbonyl (C=O) groups excluding carboxylic acids is 1. The van der Waals surface area contributed by atoms with Crippen molar-refractivity contribution in [3.05, 3.63) is 35.4 Å². The van der Waals surface area contributed by atoms with Gasteiger partial charge in [-0.05, 0) is 37.8 Å². The molecule has 0 bridgehead atoms. The average molecular weight is 231 g/mol. The smallest absolute Gasteiger partial charge is 0.251 e. The Hall–Kier alpha value is -1.31. The number of aryl methyl sites for hydroxylation is 1. The topological polar surface area (TPSA) is 29.1 Å². The van der Waals surface area contributed by atoms with E-state index >= 15 is 0 Å². The molecule has 1 aliphatic carbocycles. The van der Waals surface area contributed by atoms with Gasteiger partial charge in [0.25, 0.3) is 5.91 Å². The van der Waals surface area contributed by atoms with Crippen molar-refractivity contribution in [2.45, 2.75) is 45.6 Å². The molecule has 1 aromatic rings. The summed E-state index contributed by atoms with van der Waals surface area (Å²) >= 11 is 0. The third kappa shape index (κ3) is 3.32. The molecule has 0 aliphatic heterocycles. The van der Waals surface area contributed by atoms with Crippen LogP contribution in [0, 0.1) is 12.8 Å². The SMILES string of the molecule is Cc1ccc(C(=O)N[C@@H]2CCC[C@H](C)C2)cc1. The predicted molar refractivity (Wildman–Crippen MR) is 70.1 cm³/mol. The van der Waals surface area contributed by atoms with E-state index in [-0.39, 0.29) is 5.91 Å². The van der Waals surface area contributed by atoms with Gasteiger partial charge in [-0.15, -0.1) is 0 Å². The minimum absolute atomic E-state index is 0.0732. The Morgan fingerprint density at radius 2 is 1.94 bits per heavy atom. The van der Waals surface area contributed by atoms with Crippen molar-refractivity contribution in [1.82, 2.24) is 5.32 Å². The number of nitrogens with one attached hydrogen (secondary N) is 1. The minimum Gasteiger partial charge on any atom is -0.349 e. The molecule has 1 fully saturated rings.